The number of anilines is 1. The fraction of sp³-hybridized carbons (Fsp3) is 0.364. The molecule has 9 heteroatoms. The molecule has 0 aromatic heterocycles. The molecule has 1 aliphatic heterocycles. The van der Waals surface area contributed by atoms with Crippen LogP contribution in [0.1, 0.15) is 5.56 Å². The van der Waals surface area contributed by atoms with Crippen molar-refractivity contribution >= 4 is 29.2 Å². The number of benzene rings is 2. The van der Waals surface area contributed by atoms with E-state index in [1.165, 1.54) is 0 Å². The van der Waals surface area contributed by atoms with Crippen LogP contribution in [-0.4, -0.2) is 68.7 Å². The van der Waals surface area contributed by atoms with E-state index in [4.69, 9.17) is 21.1 Å². The maximum Gasteiger partial charge on any atom is 0.317 e. The molecule has 2 aromatic carbocycles. The van der Waals surface area contributed by atoms with Gasteiger partial charge in [-0.25, -0.2) is 4.79 Å². The zero-order chi connectivity index (χ0) is 22.2. The summed E-state index contributed by atoms with van der Waals surface area (Å²) in [5.41, 5.74) is 1.52. The first-order valence-corrected chi connectivity index (χ1v) is 10.4. The Bertz CT molecular complexity index is 916. The van der Waals surface area contributed by atoms with E-state index in [2.05, 4.69) is 10.6 Å². The van der Waals surface area contributed by atoms with Gasteiger partial charge in [0.15, 0.2) is 11.5 Å². The van der Waals surface area contributed by atoms with Gasteiger partial charge in [-0.1, -0.05) is 29.8 Å². The highest BCUT2D eigenvalue weighted by atomic mass is 35.5. The van der Waals surface area contributed by atoms with Crippen LogP contribution in [0.4, 0.5) is 10.5 Å². The summed E-state index contributed by atoms with van der Waals surface area (Å²) in [5, 5.41) is 6.26. The third-order valence-electron chi connectivity index (χ3n) is 5.07. The molecule has 2 aromatic rings. The van der Waals surface area contributed by atoms with E-state index in [1.54, 1.807) is 31.3 Å². The van der Waals surface area contributed by atoms with Crippen molar-refractivity contribution < 1.29 is 19.1 Å². The molecular formula is C22H27ClN4O4. The quantitative estimate of drug-likeness (QED) is 0.683. The Hall–Kier alpha value is -2.97. The standard InChI is InChI=1S/C22H27ClN4O4/c1-30-19-8-7-16(13-20(19)31-2)14-24-22(29)27-11-9-26(10-12-27)15-21(28)25-18-6-4-3-5-17(18)23/h3-8,13H,9-12,14-15H2,1-2H3,(H,24,29)(H,25,28). The first kappa shape index (κ1) is 22.7. The van der Waals surface area contributed by atoms with Gasteiger partial charge in [-0.3, -0.25) is 9.69 Å². The first-order valence-electron chi connectivity index (χ1n) is 10.0. The molecule has 8 nitrogen and oxygen atoms in total. The molecule has 0 spiro atoms. The normalized spacial score (nSPS) is 14.1. The van der Waals surface area contributed by atoms with Crippen LogP contribution in [0.5, 0.6) is 11.5 Å². The van der Waals surface area contributed by atoms with Gasteiger partial charge >= 0.3 is 6.03 Å². The van der Waals surface area contributed by atoms with Crippen molar-refractivity contribution in [2.75, 3.05) is 52.3 Å². The van der Waals surface area contributed by atoms with Crippen LogP contribution in [0.15, 0.2) is 42.5 Å². The van der Waals surface area contributed by atoms with Gasteiger partial charge in [0.2, 0.25) is 5.91 Å². The number of rotatable bonds is 7. The summed E-state index contributed by atoms with van der Waals surface area (Å²) in [7, 11) is 3.16. The predicted molar refractivity (Wildman–Crippen MR) is 120 cm³/mol. The van der Waals surface area contributed by atoms with Crippen LogP contribution in [0.2, 0.25) is 5.02 Å². The number of hydrogen-bond donors (Lipinski definition) is 2. The molecule has 166 valence electrons. The fourth-order valence-corrected chi connectivity index (χ4v) is 3.53. The SMILES string of the molecule is COc1ccc(CNC(=O)N2CCN(CC(=O)Nc3ccccc3Cl)CC2)cc1OC. The number of urea groups is 1. The van der Waals surface area contributed by atoms with Crippen molar-refractivity contribution in [2.45, 2.75) is 6.54 Å². The first-order chi connectivity index (χ1) is 15.0. The molecule has 3 rings (SSSR count). The predicted octanol–water partition coefficient (Wildman–Crippen LogP) is 2.82. The largest absolute Gasteiger partial charge is 0.493 e. The second kappa shape index (κ2) is 10.9. The molecule has 1 heterocycles. The van der Waals surface area contributed by atoms with E-state index >= 15 is 0 Å². The van der Waals surface area contributed by atoms with E-state index < -0.39 is 0 Å². The van der Waals surface area contributed by atoms with E-state index in [0.717, 1.165) is 5.56 Å². The summed E-state index contributed by atoms with van der Waals surface area (Å²) in [6.45, 7) is 3.00. The monoisotopic (exact) mass is 446 g/mol. The zero-order valence-corrected chi connectivity index (χ0v) is 18.4. The average molecular weight is 447 g/mol. The number of halogens is 1. The van der Waals surface area contributed by atoms with Crippen molar-refractivity contribution in [3.63, 3.8) is 0 Å². The Morgan fingerprint density at radius 3 is 2.39 bits per heavy atom. The van der Waals surface area contributed by atoms with E-state index in [9.17, 15) is 9.59 Å². The van der Waals surface area contributed by atoms with Crippen molar-refractivity contribution in [3.8, 4) is 11.5 Å². The number of nitrogens with one attached hydrogen (secondary N) is 2. The third kappa shape index (κ3) is 6.26. The maximum absolute atomic E-state index is 12.5. The minimum absolute atomic E-state index is 0.126. The molecular weight excluding hydrogens is 420 g/mol. The van der Waals surface area contributed by atoms with E-state index in [0.29, 0.717) is 54.9 Å². The fourth-order valence-electron chi connectivity index (χ4n) is 3.34. The number of para-hydroxylation sites is 1. The average Bonchev–Trinajstić information content (AvgIpc) is 2.79. The number of hydrogen-bond acceptors (Lipinski definition) is 5. The molecule has 0 saturated carbocycles. The number of methoxy groups -OCH3 is 2. The van der Waals surface area contributed by atoms with Gasteiger partial charge in [0.1, 0.15) is 0 Å². The number of ether oxygens (including phenoxy) is 2. The Morgan fingerprint density at radius 2 is 1.71 bits per heavy atom. The molecule has 1 saturated heterocycles. The Kier molecular flexibility index (Phi) is 7.97. The van der Waals surface area contributed by atoms with Gasteiger partial charge in [-0.05, 0) is 29.8 Å². The van der Waals surface area contributed by atoms with Crippen LogP contribution in [0.3, 0.4) is 0 Å². The molecule has 1 fully saturated rings. The lowest BCUT2D eigenvalue weighted by Gasteiger charge is -2.34. The number of amides is 3. The molecule has 3 amide bonds. The van der Waals surface area contributed by atoms with Gasteiger partial charge in [0.05, 0.1) is 31.5 Å². The van der Waals surface area contributed by atoms with Crippen LogP contribution in [0.25, 0.3) is 0 Å². The molecule has 0 bridgehead atoms. The summed E-state index contributed by atoms with van der Waals surface area (Å²) >= 11 is 6.08. The lowest BCUT2D eigenvalue weighted by molar-refractivity contribution is -0.117. The zero-order valence-electron chi connectivity index (χ0n) is 17.7. The van der Waals surface area contributed by atoms with E-state index in [-0.39, 0.29) is 18.5 Å². The van der Waals surface area contributed by atoms with Crippen LogP contribution < -0.4 is 20.1 Å². The highest BCUT2D eigenvalue weighted by Crippen LogP contribution is 2.27. The van der Waals surface area contributed by atoms with Crippen LogP contribution in [0, 0.1) is 0 Å². The van der Waals surface area contributed by atoms with Crippen molar-refractivity contribution in [3.05, 3.63) is 53.1 Å². The summed E-state index contributed by atoms with van der Waals surface area (Å²) < 4.78 is 10.5. The van der Waals surface area contributed by atoms with Crippen molar-refractivity contribution in [2.24, 2.45) is 0 Å². The Morgan fingerprint density at radius 1 is 1.00 bits per heavy atom. The third-order valence-corrected chi connectivity index (χ3v) is 5.40. The van der Waals surface area contributed by atoms with Crippen LogP contribution in [-0.2, 0) is 11.3 Å². The Labute approximate surface area is 187 Å². The lowest BCUT2D eigenvalue weighted by Crippen LogP contribution is -2.52. The molecule has 0 atom stereocenters. The summed E-state index contributed by atoms with van der Waals surface area (Å²) in [6.07, 6.45) is 0. The van der Waals surface area contributed by atoms with E-state index in [1.807, 2.05) is 35.2 Å². The van der Waals surface area contributed by atoms with Gasteiger partial charge in [0, 0.05) is 32.7 Å². The van der Waals surface area contributed by atoms with Gasteiger partial charge in [0.25, 0.3) is 0 Å². The molecule has 1 aliphatic rings. The minimum Gasteiger partial charge on any atom is -0.493 e. The minimum atomic E-state index is -0.130. The summed E-state index contributed by atoms with van der Waals surface area (Å²) in [5.74, 6) is 1.14. The molecule has 0 aliphatic carbocycles. The van der Waals surface area contributed by atoms with Crippen molar-refractivity contribution in [1.82, 2.24) is 15.1 Å². The number of piperazine rings is 1. The second-order valence-corrected chi connectivity index (χ2v) is 7.55. The smallest absolute Gasteiger partial charge is 0.317 e. The highest BCUT2D eigenvalue weighted by molar-refractivity contribution is 6.33. The molecule has 2 N–H and O–H groups in total. The number of nitrogens with zero attached hydrogens (tertiary/aromatic N) is 2. The molecule has 0 radical (unpaired) electrons. The number of carbonyl (C=O) groups excluding carboxylic acids is 2. The van der Waals surface area contributed by atoms with Crippen molar-refractivity contribution in [1.29, 1.82) is 0 Å². The topological polar surface area (TPSA) is 83.1 Å². The number of carbonyl (C=O) groups is 2. The van der Waals surface area contributed by atoms with Gasteiger partial charge in [-0.2, -0.15) is 0 Å². The maximum atomic E-state index is 12.5. The second-order valence-electron chi connectivity index (χ2n) is 7.14. The lowest BCUT2D eigenvalue weighted by atomic mass is 10.2. The molecule has 0 unspecified atom stereocenters. The summed E-state index contributed by atoms with van der Waals surface area (Å²) in [6, 6.07) is 12.5. The highest BCUT2D eigenvalue weighted by Gasteiger charge is 2.22. The van der Waals surface area contributed by atoms with Gasteiger partial charge < -0.3 is 25.0 Å². The van der Waals surface area contributed by atoms with Gasteiger partial charge in [-0.15, -0.1) is 0 Å². The van der Waals surface area contributed by atoms with Crippen LogP contribution >= 0.6 is 11.6 Å². The molecule has 31 heavy (non-hydrogen) atoms. The Balaban J connectivity index is 1.42. The summed E-state index contributed by atoms with van der Waals surface area (Å²) in [4.78, 5) is 28.6.